The van der Waals surface area contributed by atoms with E-state index in [9.17, 15) is 9.90 Å². The number of nitrogens with one attached hydrogen (secondary N) is 1. The van der Waals surface area contributed by atoms with Crippen molar-refractivity contribution in [1.82, 2.24) is 5.32 Å². The molecule has 0 fully saturated rings. The first-order valence-corrected chi connectivity index (χ1v) is 9.34. The minimum Gasteiger partial charge on any atom is -0.444 e. The molecule has 0 bridgehead atoms. The second-order valence-electron chi connectivity index (χ2n) is 6.76. The Kier molecular flexibility index (Phi) is 7.92. The van der Waals surface area contributed by atoms with Crippen molar-refractivity contribution in [1.29, 1.82) is 0 Å². The lowest BCUT2D eigenvalue weighted by Gasteiger charge is -2.33. The van der Waals surface area contributed by atoms with Crippen LogP contribution in [0.15, 0.2) is 30.3 Å². The van der Waals surface area contributed by atoms with Crippen LogP contribution in [-0.4, -0.2) is 42.0 Å². The lowest BCUT2D eigenvalue weighted by atomic mass is 9.77. The van der Waals surface area contributed by atoms with Gasteiger partial charge in [0.15, 0.2) is 0 Å². The van der Waals surface area contributed by atoms with Crippen LogP contribution in [0.25, 0.3) is 0 Å². The van der Waals surface area contributed by atoms with Gasteiger partial charge in [0.05, 0.1) is 6.61 Å². The van der Waals surface area contributed by atoms with Crippen molar-refractivity contribution in [3.8, 4) is 0 Å². The Morgan fingerprint density at radius 3 is 2.43 bits per heavy atom. The van der Waals surface area contributed by atoms with E-state index < -0.39 is 17.1 Å². The van der Waals surface area contributed by atoms with Crippen LogP contribution in [0.4, 0.5) is 4.79 Å². The van der Waals surface area contributed by atoms with E-state index >= 15 is 0 Å². The minimum absolute atomic E-state index is 0.0127. The number of carbonyl (C=O) groups is 1. The Labute approximate surface area is 144 Å². The fourth-order valence-electron chi connectivity index (χ4n) is 2.46. The average Bonchev–Trinajstić information content (AvgIpc) is 2.50. The summed E-state index contributed by atoms with van der Waals surface area (Å²) in [5, 5.41) is 12.9. The number of hydrogen-bond donors (Lipinski definition) is 2. The molecule has 5 heteroatoms. The molecule has 1 amide bonds. The van der Waals surface area contributed by atoms with E-state index in [1.165, 1.54) is 0 Å². The van der Waals surface area contributed by atoms with Gasteiger partial charge in [-0.1, -0.05) is 30.3 Å². The fourth-order valence-corrected chi connectivity index (χ4v) is 2.90. The lowest BCUT2D eigenvalue weighted by molar-refractivity contribution is 0.0500. The Morgan fingerprint density at radius 1 is 1.26 bits per heavy atom. The van der Waals surface area contributed by atoms with Crippen molar-refractivity contribution in [2.45, 2.75) is 44.6 Å². The third-order valence-corrected chi connectivity index (χ3v) is 4.36. The molecule has 0 aromatic heterocycles. The molecule has 0 heterocycles. The highest BCUT2D eigenvalue weighted by Gasteiger charge is 2.32. The second kappa shape index (κ2) is 9.18. The first-order valence-electron chi connectivity index (χ1n) is 7.95. The van der Waals surface area contributed by atoms with Gasteiger partial charge in [-0.15, -0.1) is 0 Å². The SMILES string of the molecule is CSCCCC(CO)(CNC(=O)OC(C)(C)C)c1ccccc1. The number of thioether (sulfide) groups is 1. The molecule has 1 aromatic rings. The monoisotopic (exact) mass is 339 g/mol. The summed E-state index contributed by atoms with van der Waals surface area (Å²) in [5.41, 5.74) is 0.0329. The van der Waals surface area contributed by atoms with Gasteiger partial charge >= 0.3 is 6.09 Å². The number of aliphatic hydroxyl groups excluding tert-OH is 1. The third-order valence-electron chi connectivity index (χ3n) is 3.66. The quantitative estimate of drug-likeness (QED) is 0.711. The molecule has 1 unspecified atom stereocenters. The fraction of sp³-hybridized carbons (Fsp3) is 0.611. The van der Waals surface area contributed by atoms with Crippen molar-refractivity contribution >= 4 is 17.9 Å². The van der Waals surface area contributed by atoms with Crippen LogP contribution in [-0.2, 0) is 10.2 Å². The van der Waals surface area contributed by atoms with Crippen molar-refractivity contribution in [3.05, 3.63) is 35.9 Å². The Morgan fingerprint density at radius 2 is 1.91 bits per heavy atom. The highest BCUT2D eigenvalue weighted by Crippen LogP contribution is 2.29. The molecule has 0 saturated heterocycles. The zero-order valence-electron chi connectivity index (χ0n) is 14.6. The topological polar surface area (TPSA) is 58.6 Å². The Bertz CT molecular complexity index is 473. The molecule has 0 saturated carbocycles. The highest BCUT2D eigenvalue weighted by atomic mass is 32.2. The van der Waals surface area contributed by atoms with E-state index in [0.29, 0.717) is 6.54 Å². The predicted octanol–water partition coefficient (Wildman–Crippen LogP) is 3.58. The standard InChI is InChI=1S/C18H29NO3S/c1-17(2,3)22-16(21)19-13-18(14-20,11-8-12-23-4)15-9-6-5-7-10-15/h5-7,9-10,20H,8,11-14H2,1-4H3,(H,19,21). The number of rotatable bonds is 8. The number of carbonyl (C=O) groups excluding carboxylic acids is 1. The number of benzene rings is 1. The van der Waals surface area contributed by atoms with E-state index in [-0.39, 0.29) is 6.61 Å². The number of alkyl carbamates (subject to hydrolysis) is 1. The minimum atomic E-state index is -0.530. The smallest absolute Gasteiger partial charge is 0.407 e. The van der Waals surface area contributed by atoms with Crippen molar-refractivity contribution in [2.75, 3.05) is 25.2 Å². The van der Waals surface area contributed by atoms with Gasteiger partial charge in [0, 0.05) is 12.0 Å². The van der Waals surface area contributed by atoms with Crippen LogP contribution in [0, 0.1) is 0 Å². The lowest BCUT2D eigenvalue weighted by Crippen LogP contribution is -2.45. The van der Waals surface area contributed by atoms with Gasteiger partial charge in [0.25, 0.3) is 0 Å². The van der Waals surface area contributed by atoms with Crippen LogP contribution in [0.1, 0.15) is 39.2 Å². The molecule has 0 aliphatic carbocycles. The summed E-state index contributed by atoms with van der Waals surface area (Å²) in [6.45, 7) is 5.85. The molecular weight excluding hydrogens is 310 g/mol. The summed E-state index contributed by atoms with van der Waals surface area (Å²) in [4.78, 5) is 12.0. The summed E-state index contributed by atoms with van der Waals surface area (Å²) in [6, 6.07) is 9.89. The van der Waals surface area contributed by atoms with Crippen LogP contribution in [0.2, 0.25) is 0 Å². The summed E-state index contributed by atoms with van der Waals surface area (Å²) < 4.78 is 5.30. The zero-order chi connectivity index (χ0) is 17.3. The first kappa shape index (κ1) is 19.8. The van der Waals surface area contributed by atoms with Crippen molar-refractivity contribution in [3.63, 3.8) is 0 Å². The molecular formula is C18H29NO3S. The molecule has 4 nitrogen and oxygen atoms in total. The van der Waals surface area contributed by atoms with Gasteiger partial charge in [-0.25, -0.2) is 4.79 Å². The van der Waals surface area contributed by atoms with Gasteiger partial charge in [-0.2, -0.15) is 11.8 Å². The number of amides is 1. The summed E-state index contributed by atoms with van der Waals surface area (Å²) >= 11 is 1.79. The highest BCUT2D eigenvalue weighted by molar-refractivity contribution is 7.98. The maximum Gasteiger partial charge on any atom is 0.407 e. The van der Waals surface area contributed by atoms with Gasteiger partial charge in [-0.05, 0) is 51.2 Å². The molecule has 1 atom stereocenters. The summed E-state index contributed by atoms with van der Waals surface area (Å²) in [5.74, 6) is 1.03. The molecule has 1 aromatic carbocycles. The summed E-state index contributed by atoms with van der Waals surface area (Å²) in [6.07, 6.45) is 3.41. The van der Waals surface area contributed by atoms with E-state index in [1.807, 2.05) is 51.1 Å². The largest absolute Gasteiger partial charge is 0.444 e. The Hall–Kier alpha value is -1.20. The van der Waals surface area contributed by atoms with E-state index in [2.05, 4.69) is 11.6 Å². The van der Waals surface area contributed by atoms with Crippen molar-refractivity contribution in [2.24, 2.45) is 0 Å². The maximum absolute atomic E-state index is 12.0. The van der Waals surface area contributed by atoms with Gasteiger partial charge in [-0.3, -0.25) is 0 Å². The molecule has 0 spiro atoms. The number of hydrogen-bond acceptors (Lipinski definition) is 4. The predicted molar refractivity (Wildman–Crippen MR) is 97.1 cm³/mol. The number of ether oxygens (including phenoxy) is 1. The van der Waals surface area contributed by atoms with E-state index in [0.717, 1.165) is 24.2 Å². The average molecular weight is 340 g/mol. The third kappa shape index (κ3) is 6.83. The first-order chi connectivity index (χ1) is 10.8. The zero-order valence-corrected chi connectivity index (χ0v) is 15.4. The molecule has 130 valence electrons. The molecule has 0 aliphatic rings. The van der Waals surface area contributed by atoms with Crippen molar-refractivity contribution < 1.29 is 14.6 Å². The normalized spacial score (nSPS) is 14.1. The second-order valence-corrected chi connectivity index (χ2v) is 7.74. The molecule has 1 rings (SSSR count). The van der Waals surface area contributed by atoms with E-state index in [4.69, 9.17) is 4.74 Å². The van der Waals surface area contributed by atoms with E-state index in [1.54, 1.807) is 11.8 Å². The van der Waals surface area contributed by atoms with Gasteiger partial charge in [0.2, 0.25) is 0 Å². The molecule has 2 N–H and O–H groups in total. The van der Waals surface area contributed by atoms with Crippen LogP contribution in [0.5, 0.6) is 0 Å². The van der Waals surface area contributed by atoms with Gasteiger partial charge < -0.3 is 15.2 Å². The molecule has 23 heavy (non-hydrogen) atoms. The number of aliphatic hydroxyl groups is 1. The van der Waals surface area contributed by atoms with Crippen LogP contribution >= 0.6 is 11.8 Å². The van der Waals surface area contributed by atoms with Crippen LogP contribution in [0.3, 0.4) is 0 Å². The molecule has 0 aliphatic heterocycles. The Balaban J connectivity index is 2.84. The van der Waals surface area contributed by atoms with Crippen LogP contribution < -0.4 is 5.32 Å². The molecule has 0 radical (unpaired) electrons. The van der Waals surface area contributed by atoms with Gasteiger partial charge in [0.1, 0.15) is 5.60 Å². The summed E-state index contributed by atoms with van der Waals surface area (Å²) in [7, 11) is 0. The maximum atomic E-state index is 12.0.